The Morgan fingerprint density at radius 2 is 1.96 bits per heavy atom. The van der Waals surface area contributed by atoms with Crippen molar-refractivity contribution in [1.82, 2.24) is 30.7 Å². The number of hydrogen-bond acceptors (Lipinski definition) is 9. The maximum absolute atomic E-state index is 16.9. The minimum Gasteiger partial charge on any atom is -0.332 e. The van der Waals surface area contributed by atoms with Crippen molar-refractivity contribution in [3.8, 4) is 6.07 Å². The summed E-state index contributed by atoms with van der Waals surface area (Å²) in [5.74, 6) is -0.364. The summed E-state index contributed by atoms with van der Waals surface area (Å²) in [6.45, 7) is 11.5. The number of piperazine rings is 1. The standard InChI is InChI=1S/C35H52F2N10O2/c1-5-28(48)46-16-19(4)45(17-22(46)9-11-38)33-23-15-25(37)31-29-20(7-6-8-24(29)36)13-26-40-27(44-43-26)14-21-10-12-39-30(18(2)3)32(21)47(34(23)41-31)35(49)42-33/h5,18-26,29-34,39,41H,1,6-10,12-17H2,2-4H3,(H,42,49). The molecule has 14 atom stereocenters. The van der Waals surface area contributed by atoms with Gasteiger partial charge in [-0.1, -0.05) is 26.8 Å². The third-order valence-electron chi connectivity index (χ3n) is 12.7. The van der Waals surface area contributed by atoms with E-state index in [0.717, 1.165) is 25.8 Å². The molecule has 12 nitrogen and oxygen atoms in total. The van der Waals surface area contributed by atoms with Crippen LogP contribution in [0.25, 0.3) is 0 Å². The van der Waals surface area contributed by atoms with E-state index >= 15 is 8.78 Å². The van der Waals surface area contributed by atoms with Crippen molar-refractivity contribution in [3.63, 3.8) is 0 Å². The highest BCUT2D eigenvalue weighted by Gasteiger charge is 2.58. The van der Waals surface area contributed by atoms with Gasteiger partial charge in [-0.25, -0.2) is 18.6 Å². The molecule has 1 saturated carbocycles. The average molecular weight is 683 g/mol. The summed E-state index contributed by atoms with van der Waals surface area (Å²) in [7, 11) is 0. The lowest BCUT2D eigenvalue weighted by Crippen LogP contribution is -2.80. The largest absolute Gasteiger partial charge is 0.332 e. The normalized spacial score (nSPS) is 43.9. The van der Waals surface area contributed by atoms with Gasteiger partial charge in [0.2, 0.25) is 5.91 Å². The van der Waals surface area contributed by atoms with Crippen molar-refractivity contribution >= 4 is 17.8 Å². The lowest BCUT2D eigenvalue weighted by Gasteiger charge is -2.60. The molecule has 49 heavy (non-hydrogen) atoms. The summed E-state index contributed by atoms with van der Waals surface area (Å²) >= 11 is 0. The third-order valence-corrected chi connectivity index (χ3v) is 12.7. The Labute approximate surface area is 288 Å². The first-order valence-corrected chi connectivity index (χ1v) is 18.5. The monoisotopic (exact) mass is 682 g/mol. The fourth-order valence-corrected chi connectivity index (χ4v) is 10.5. The second-order valence-corrected chi connectivity index (χ2v) is 15.8. The molecule has 4 bridgehead atoms. The molecule has 3 amide bonds. The van der Waals surface area contributed by atoms with Crippen LogP contribution < -0.4 is 16.0 Å². The van der Waals surface area contributed by atoms with Gasteiger partial charge >= 0.3 is 6.03 Å². The molecule has 1 aliphatic carbocycles. The van der Waals surface area contributed by atoms with Gasteiger partial charge in [0.25, 0.3) is 0 Å². The zero-order valence-electron chi connectivity index (χ0n) is 28.9. The summed E-state index contributed by atoms with van der Waals surface area (Å²) in [6.07, 6.45) is 1.43. The Bertz CT molecular complexity index is 1390. The first-order chi connectivity index (χ1) is 23.6. The number of amidine groups is 1. The fourth-order valence-electron chi connectivity index (χ4n) is 10.5. The number of azo groups is 1. The van der Waals surface area contributed by atoms with Gasteiger partial charge in [-0.05, 0) is 69.4 Å². The predicted octanol–water partition coefficient (Wildman–Crippen LogP) is 3.72. The molecule has 6 aliphatic heterocycles. The molecule has 0 aromatic rings. The van der Waals surface area contributed by atoms with Crippen LogP contribution >= 0.6 is 0 Å². The van der Waals surface area contributed by atoms with Crippen LogP contribution in [-0.4, -0.2) is 113 Å². The zero-order valence-corrected chi connectivity index (χ0v) is 28.9. The van der Waals surface area contributed by atoms with Gasteiger partial charge in [0.15, 0.2) is 6.17 Å². The first-order valence-electron chi connectivity index (χ1n) is 18.5. The molecule has 4 saturated heterocycles. The van der Waals surface area contributed by atoms with Crippen molar-refractivity contribution in [2.75, 3.05) is 19.6 Å². The van der Waals surface area contributed by atoms with Gasteiger partial charge in [0.05, 0.1) is 36.9 Å². The molecule has 6 heterocycles. The molecule has 5 fully saturated rings. The summed E-state index contributed by atoms with van der Waals surface area (Å²) in [6, 6.07) is 0.353. The molecule has 268 valence electrons. The highest BCUT2D eigenvalue weighted by Crippen LogP contribution is 2.46. The molecule has 0 radical (unpaired) electrons. The van der Waals surface area contributed by atoms with Crippen LogP contribution in [0, 0.1) is 40.9 Å². The number of rotatable bonds is 4. The molecule has 7 rings (SSSR count). The number of nitrogens with one attached hydrogen (secondary N) is 3. The number of halogens is 2. The third kappa shape index (κ3) is 6.29. The van der Waals surface area contributed by atoms with E-state index in [-0.39, 0.29) is 72.7 Å². The van der Waals surface area contributed by atoms with Crippen molar-refractivity contribution in [2.24, 2.45) is 44.8 Å². The molecule has 0 aromatic carbocycles. The van der Waals surface area contributed by atoms with E-state index in [9.17, 15) is 14.9 Å². The quantitative estimate of drug-likeness (QED) is 0.387. The molecular weight excluding hydrogens is 630 g/mol. The number of carbonyl (C=O) groups is 2. The Hall–Kier alpha value is -3.02. The smallest absolute Gasteiger partial charge is 0.320 e. The zero-order chi connectivity index (χ0) is 34.6. The maximum Gasteiger partial charge on any atom is 0.320 e. The summed E-state index contributed by atoms with van der Waals surface area (Å²) in [4.78, 5) is 38.2. The molecular formula is C35H52F2N10O2. The highest BCUT2D eigenvalue weighted by molar-refractivity contribution is 5.87. The molecule has 14 unspecified atom stereocenters. The molecule has 3 N–H and O–H groups in total. The van der Waals surface area contributed by atoms with Gasteiger partial charge in [0, 0.05) is 49.5 Å². The van der Waals surface area contributed by atoms with Crippen molar-refractivity contribution in [3.05, 3.63) is 12.7 Å². The summed E-state index contributed by atoms with van der Waals surface area (Å²) < 4.78 is 33.0. The van der Waals surface area contributed by atoms with Gasteiger partial charge in [-0.2, -0.15) is 10.4 Å². The molecule has 0 spiro atoms. The highest BCUT2D eigenvalue weighted by atomic mass is 19.1. The van der Waals surface area contributed by atoms with E-state index in [2.05, 4.69) is 57.6 Å². The minimum absolute atomic E-state index is 0.0336. The van der Waals surface area contributed by atoms with Gasteiger partial charge in [-0.3, -0.25) is 15.0 Å². The second-order valence-electron chi connectivity index (χ2n) is 15.8. The molecule has 0 aromatic heterocycles. The molecule has 7 aliphatic rings. The van der Waals surface area contributed by atoms with E-state index in [0.29, 0.717) is 38.2 Å². The summed E-state index contributed by atoms with van der Waals surface area (Å²) in [5.41, 5.74) is 0. The second kappa shape index (κ2) is 13.9. The topological polar surface area (TPSA) is 141 Å². The van der Waals surface area contributed by atoms with Crippen molar-refractivity contribution in [1.29, 1.82) is 5.26 Å². The van der Waals surface area contributed by atoms with Crippen LogP contribution in [0.2, 0.25) is 0 Å². The molecule has 14 heteroatoms. The van der Waals surface area contributed by atoms with Gasteiger partial charge in [-0.15, -0.1) is 5.11 Å². The van der Waals surface area contributed by atoms with Gasteiger partial charge < -0.3 is 20.4 Å². The Morgan fingerprint density at radius 3 is 2.71 bits per heavy atom. The van der Waals surface area contributed by atoms with E-state index in [1.165, 1.54) is 6.08 Å². The minimum atomic E-state index is -1.34. The number of amides is 3. The number of hydrogen-bond donors (Lipinski definition) is 3. The van der Waals surface area contributed by atoms with E-state index in [4.69, 9.17) is 4.99 Å². The van der Waals surface area contributed by atoms with Crippen molar-refractivity contribution in [2.45, 2.75) is 133 Å². The number of aliphatic imine (C=N–C) groups is 1. The van der Waals surface area contributed by atoms with Crippen LogP contribution in [-0.2, 0) is 4.79 Å². The Kier molecular flexibility index (Phi) is 9.80. The number of alkyl halides is 2. The first kappa shape index (κ1) is 34.4. The lowest BCUT2D eigenvalue weighted by molar-refractivity contribution is -0.137. The van der Waals surface area contributed by atoms with Crippen LogP contribution in [0.5, 0.6) is 0 Å². The van der Waals surface area contributed by atoms with Crippen LogP contribution in [0.1, 0.15) is 72.1 Å². The van der Waals surface area contributed by atoms with Gasteiger partial charge in [0.1, 0.15) is 18.2 Å². The van der Waals surface area contributed by atoms with E-state index in [1.807, 2.05) is 11.8 Å². The maximum atomic E-state index is 16.9. The van der Waals surface area contributed by atoms with E-state index in [1.54, 1.807) is 4.90 Å². The summed E-state index contributed by atoms with van der Waals surface area (Å²) in [5, 5.41) is 29.4. The average Bonchev–Trinajstić information content (AvgIpc) is 3.51. The Morgan fingerprint density at radius 1 is 1.14 bits per heavy atom. The van der Waals surface area contributed by atoms with Crippen LogP contribution in [0.15, 0.2) is 27.9 Å². The van der Waals surface area contributed by atoms with Crippen molar-refractivity contribution < 1.29 is 18.4 Å². The Balaban J connectivity index is 1.30. The number of urea groups is 1. The van der Waals surface area contributed by atoms with E-state index < -0.39 is 42.7 Å². The number of carbonyl (C=O) groups excluding carboxylic acids is 2. The number of nitrogens with zero attached hydrogens (tertiary/aromatic N) is 7. The number of fused-ring (bicyclic) bond motifs is 6. The van der Waals surface area contributed by atoms with Crippen LogP contribution in [0.3, 0.4) is 0 Å². The number of nitriles is 1. The van der Waals surface area contributed by atoms with Crippen LogP contribution in [0.4, 0.5) is 13.6 Å². The number of piperidine rings is 2. The predicted molar refractivity (Wildman–Crippen MR) is 180 cm³/mol. The SMILES string of the molecule is C=CC(=O)N1CC(C)N(C2NC(=O)N3C4NC(C(F)CC24)C2C(F)CCCC2CC2N=NC(=N2)CC2CCNC(C(C)C)C23)CC1CC#N. The fraction of sp³-hybridized carbons (Fsp3) is 0.829. The lowest BCUT2D eigenvalue weighted by atomic mass is 9.68.